The van der Waals surface area contributed by atoms with Crippen LogP contribution in [0.2, 0.25) is 0 Å². The van der Waals surface area contributed by atoms with Crippen LogP contribution in [0, 0.1) is 0 Å². The molecule has 0 aliphatic heterocycles. The molecule has 0 saturated heterocycles. The molecule has 2 unspecified atom stereocenters. The first kappa shape index (κ1) is 16.8. The van der Waals surface area contributed by atoms with Gasteiger partial charge in [-0.25, -0.2) is 0 Å². The van der Waals surface area contributed by atoms with E-state index in [1.807, 2.05) is 0 Å². The van der Waals surface area contributed by atoms with Crippen molar-refractivity contribution in [1.82, 2.24) is 4.90 Å². The Labute approximate surface area is 106 Å². The first-order chi connectivity index (χ1) is 8.15. The fraction of sp³-hybridized carbons (Fsp3) is 1.00. The molecule has 0 aliphatic carbocycles. The number of ether oxygens (including phenoxy) is 2. The summed E-state index contributed by atoms with van der Waals surface area (Å²) in [5.74, 6) is 0. The minimum atomic E-state index is 0.319. The normalized spacial score (nSPS) is 15.2. The Bertz CT molecular complexity index is 167. The van der Waals surface area contributed by atoms with Crippen molar-refractivity contribution in [2.45, 2.75) is 45.2 Å². The Balaban J connectivity index is 3.99. The molecule has 104 valence electrons. The molecule has 0 aliphatic rings. The van der Waals surface area contributed by atoms with Gasteiger partial charge >= 0.3 is 0 Å². The van der Waals surface area contributed by atoms with Gasteiger partial charge in [0.1, 0.15) is 0 Å². The second-order valence-corrected chi connectivity index (χ2v) is 4.67. The van der Waals surface area contributed by atoms with Crippen molar-refractivity contribution in [1.29, 1.82) is 0 Å². The van der Waals surface area contributed by atoms with Crippen molar-refractivity contribution in [3.05, 3.63) is 0 Å². The average molecular weight is 246 g/mol. The van der Waals surface area contributed by atoms with E-state index in [1.165, 1.54) is 0 Å². The second kappa shape index (κ2) is 11.0. The van der Waals surface area contributed by atoms with Crippen LogP contribution in [0.4, 0.5) is 0 Å². The maximum Gasteiger partial charge on any atom is 0.0615 e. The van der Waals surface area contributed by atoms with Crippen molar-refractivity contribution in [2.24, 2.45) is 5.73 Å². The minimum Gasteiger partial charge on any atom is -0.383 e. The van der Waals surface area contributed by atoms with Gasteiger partial charge in [0.05, 0.1) is 13.2 Å². The van der Waals surface area contributed by atoms with Gasteiger partial charge in [0.2, 0.25) is 0 Å². The molecule has 0 aromatic rings. The van der Waals surface area contributed by atoms with Crippen molar-refractivity contribution >= 4 is 0 Å². The van der Waals surface area contributed by atoms with Crippen LogP contribution in [-0.2, 0) is 9.47 Å². The molecule has 0 radical (unpaired) electrons. The molecule has 0 bridgehead atoms. The summed E-state index contributed by atoms with van der Waals surface area (Å²) in [6.07, 6.45) is 3.31. The SMILES string of the molecule is CCCC(N)CCN(CCOC)C(C)COC. The zero-order valence-electron chi connectivity index (χ0n) is 11.9. The van der Waals surface area contributed by atoms with Crippen LogP contribution < -0.4 is 5.73 Å². The lowest BCUT2D eigenvalue weighted by molar-refractivity contribution is 0.0730. The van der Waals surface area contributed by atoms with Gasteiger partial charge in [-0.15, -0.1) is 0 Å². The van der Waals surface area contributed by atoms with E-state index in [0.29, 0.717) is 12.1 Å². The summed E-state index contributed by atoms with van der Waals surface area (Å²) < 4.78 is 10.3. The maximum absolute atomic E-state index is 6.05. The Morgan fingerprint density at radius 3 is 2.35 bits per heavy atom. The second-order valence-electron chi connectivity index (χ2n) is 4.67. The largest absolute Gasteiger partial charge is 0.383 e. The van der Waals surface area contributed by atoms with Crippen LogP contribution in [0.3, 0.4) is 0 Å². The molecule has 0 saturated carbocycles. The van der Waals surface area contributed by atoms with E-state index < -0.39 is 0 Å². The highest BCUT2D eigenvalue weighted by Crippen LogP contribution is 2.05. The number of nitrogens with two attached hydrogens (primary N) is 1. The molecule has 4 nitrogen and oxygen atoms in total. The van der Waals surface area contributed by atoms with E-state index in [1.54, 1.807) is 14.2 Å². The van der Waals surface area contributed by atoms with Crippen molar-refractivity contribution in [3.8, 4) is 0 Å². The summed E-state index contributed by atoms with van der Waals surface area (Å²) in [5, 5.41) is 0. The Hall–Kier alpha value is -0.160. The molecule has 0 aromatic heterocycles. The minimum absolute atomic E-state index is 0.319. The van der Waals surface area contributed by atoms with Gasteiger partial charge in [0.25, 0.3) is 0 Å². The summed E-state index contributed by atoms with van der Waals surface area (Å²) in [6.45, 7) is 7.85. The van der Waals surface area contributed by atoms with Gasteiger partial charge in [-0.2, -0.15) is 0 Å². The van der Waals surface area contributed by atoms with Gasteiger partial charge in [-0.05, 0) is 19.8 Å². The van der Waals surface area contributed by atoms with Crippen LogP contribution in [0.1, 0.15) is 33.1 Å². The van der Waals surface area contributed by atoms with E-state index >= 15 is 0 Å². The third-order valence-electron chi connectivity index (χ3n) is 3.06. The van der Waals surface area contributed by atoms with E-state index in [-0.39, 0.29) is 0 Å². The highest BCUT2D eigenvalue weighted by Gasteiger charge is 2.14. The van der Waals surface area contributed by atoms with E-state index in [9.17, 15) is 0 Å². The molecule has 4 heteroatoms. The number of methoxy groups -OCH3 is 2. The highest BCUT2D eigenvalue weighted by atomic mass is 16.5. The molecular weight excluding hydrogens is 216 g/mol. The average Bonchev–Trinajstić information content (AvgIpc) is 2.29. The molecular formula is C13H30N2O2. The molecule has 0 fully saturated rings. The monoisotopic (exact) mass is 246 g/mol. The van der Waals surface area contributed by atoms with E-state index in [0.717, 1.165) is 45.6 Å². The highest BCUT2D eigenvalue weighted by molar-refractivity contribution is 4.70. The van der Waals surface area contributed by atoms with E-state index in [2.05, 4.69) is 18.7 Å². The van der Waals surface area contributed by atoms with Crippen molar-refractivity contribution < 1.29 is 9.47 Å². The van der Waals surface area contributed by atoms with Crippen LogP contribution in [-0.4, -0.2) is 57.5 Å². The van der Waals surface area contributed by atoms with Crippen LogP contribution >= 0.6 is 0 Å². The molecule has 2 N–H and O–H groups in total. The van der Waals surface area contributed by atoms with Gasteiger partial charge < -0.3 is 15.2 Å². The summed E-state index contributed by atoms with van der Waals surface area (Å²) in [6, 6.07) is 0.740. The predicted octanol–water partition coefficient (Wildman–Crippen LogP) is 1.49. The molecule has 0 aromatic carbocycles. The molecule has 0 spiro atoms. The Kier molecular flexibility index (Phi) is 10.9. The molecule has 0 rings (SSSR count). The fourth-order valence-electron chi connectivity index (χ4n) is 1.95. The number of hydrogen-bond donors (Lipinski definition) is 1. The van der Waals surface area contributed by atoms with E-state index in [4.69, 9.17) is 15.2 Å². The summed E-state index contributed by atoms with van der Waals surface area (Å²) in [5.41, 5.74) is 6.05. The molecule has 17 heavy (non-hydrogen) atoms. The van der Waals surface area contributed by atoms with Crippen LogP contribution in [0.25, 0.3) is 0 Å². The lowest BCUT2D eigenvalue weighted by Crippen LogP contribution is -2.41. The summed E-state index contributed by atoms with van der Waals surface area (Å²) >= 11 is 0. The fourth-order valence-corrected chi connectivity index (χ4v) is 1.95. The van der Waals surface area contributed by atoms with Gasteiger partial charge in [-0.1, -0.05) is 13.3 Å². The zero-order chi connectivity index (χ0) is 13.1. The third kappa shape index (κ3) is 8.55. The lowest BCUT2D eigenvalue weighted by Gasteiger charge is -2.29. The first-order valence-electron chi connectivity index (χ1n) is 6.63. The van der Waals surface area contributed by atoms with Gasteiger partial charge in [0.15, 0.2) is 0 Å². The Morgan fingerprint density at radius 2 is 1.82 bits per heavy atom. The van der Waals surface area contributed by atoms with Crippen molar-refractivity contribution in [2.75, 3.05) is 40.5 Å². The Morgan fingerprint density at radius 1 is 1.12 bits per heavy atom. The van der Waals surface area contributed by atoms with Crippen LogP contribution in [0.5, 0.6) is 0 Å². The maximum atomic E-state index is 6.05. The van der Waals surface area contributed by atoms with Crippen molar-refractivity contribution in [3.63, 3.8) is 0 Å². The lowest BCUT2D eigenvalue weighted by atomic mass is 10.1. The summed E-state index contributed by atoms with van der Waals surface area (Å²) in [4.78, 5) is 2.39. The first-order valence-corrected chi connectivity index (χ1v) is 6.63. The number of hydrogen-bond acceptors (Lipinski definition) is 4. The number of nitrogens with zero attached hydrogens (tertiary/aromatic N) is 1. The quantitative estimate of drug-likeness (QED) is 0.600. The number of rotatable bonds is 11. The standard InChI is InChI=1S/C13H30N2O2/c1-5-6-13(14)7-8-15(9-10-16-3)12(2)11-17-4/h12-13H,5-11,14H2,1-4H3. The zero-order valence-corrected chi connectivity index (χ0v) is 11.9. The van der Waals surface area contributed by atoms with Gasteiger partial charge in [-0.3, -0.25) is 4.90 Å². The smallest absolute Gasteiger partial charge is 0.0615 e. The molecule has 2 atom stereocenters. The molecule has 0 heterocycles. The van der Waals surface area contributed by atoms with Crippen LogP contribution in [0.15, 0.2) is 0 Å². The summed E-state index contributed by atoms with van der Waals surface area (Å²) in [7, 11) is 3.48. The molecule has 0 amide bonds. The van der Waals surface area contributed by atoms with Gasteiger partial charge in [0, 0.05) is 39.4 Å². The topological polar surface area (TPSA) is 47.7 Å². The predicted molar refractivity (Wildman–Crippen MR) is 72.3 cm³/mol. The third-order valence-corrected chi connectivity index (χ3v) is 3.06.